The number of fused-ring (bicyclic) bond motifs is 4. The lowest BCUT2D eigenvalue weighted by atomic mass is 9.83. The summed E-state index contributed by atoms with van der Waals surface area (Å²) in [6, 6.07) is 26.9. The van der Waals surface area contributed by atoms with Crippen LogP contribution >= 0.6 is 12.2 Å². The van der Waals surface area contributed by atoms with Gasteiger partial charge in [-0.3, -0.25) is 9.59 Å². The summed E-state index contributed by atoms with van der Waals surface area (Å²) in [5, 5.41) is 10.1. The Balaban J connectivity index is 1.26. The van der Waals surface area contributed by atoms with Gasteiger partial charge in [-0.1, -0.05) is 42.0 Å². The molecule has 1 saturated heterocycles. The number of amides is 1. The van der Waals surface area contributed by atoms with E-state index in [4.69, 9.17) is 17.0 Å². The SMILES string of the molecule is COc1ccccc1CNC(=O)c1ccc(N2CC3CC(C2)c2cccc(=O)n2C3)c(NC(=S)Nc2ccc(C)cc2)c1. The monoisotopic (exact) mass is 593 g/mol. The van der Waals surface area contributed by atoms with Crippen molar-refractivity contribution in [1.29, 1.82) is 0 Å². The number of piperidine rings is 1. The molecular formula is C34H35N5O3S. The van der Waals surface area contributed by atoms with Gasteiger partial charge in [0.2, 0.25) is 0 Å². The summed E-state index contributed by atoms with van der Waals surface area (Å²) in [4.78, 5) is 28.2. The van der Waals surface area contributed by atoms with Crippen LogP contribution in [0.15, 0.2) is 89.7 Å². The summed E-state index contributed by atoms with van der Waals surface area (Å²) in [7, 11) is 1.62. The Labute approximate surface area is 256 Å². The van der Waals surface area contributed by atoms with Crippen LogP contribution in [-0.2, 0) is 13.1 Å². The normalized spacial score (nSPS) is 17.0. The zero-order chi connectivity index (χ0) is 29.9. The van der Waals surface area contributed by atoms with E-state index >= 15 is 0 Å². The molecule has 1 amide bonds. The topological polar surface area (TPSA) is 87.6 Å². The number of methoxy groups -OCH3 is 1. The van der Waals surface area contributed by atoms with Gasteiger partial charge in [0.05, 0.1) is 18.5 Å². The second-order valence-corrected chi connectivity index (χ2v) is 11.7. The molecule has 4 aromatic rings. The van der Waals surface area contributed by atoms with E-state index in [0.717, 1.165) is 59.1 Å². The zero-order valence-corrected chi connectivity index (χ0v) is 25.1. The Morgan fingerprint density at radius 1 is 0.953 bits per heavy atom. The van der Waals surface area contributed by atoms with Crippen LogP contribution < -0.4 is 31.1 Å². The second-order valence-electron chi connectivity index (χ2n) is 11.3. The third-order valence-corrected chi connectivity index (χ3v) is 8.47. The van der Waals surface area contributed by atoms with Crippen molar-refractivity contribution in [3.63, 3.8) is 0 Å². The Kier molecular flexibility index (Phi) is 8.16. The van der Waals surface area contributed by atoms with E-state index in [1.54, 1.807) is 13.2 Å². The summed E-state index contributed by atoms with van der Waals surface area (Å²) in [6.07, 6.45) is 1.06. The maximum atomic E-state index is 13.3. The van der Waals surface area contributed by atoms with Crippen molar-refractivity contribution in [3.05, 3.63) is 118 Å². The minimum Gasteiger partial charge on any atom is -0.496 e. The van der Waals surface area contributed by atoms with Crippen LogP contribution in [0.5, 0.6) is 5.75 Å². The lowest BCUT2D eigenvalue weighted by molar-refractivity contribution is 0.0950. The molecular weight excluding hydrogens is 558 g/mol. The summed E-state index contributed by atoms with van der Waals surface area (Å²) in [5.74, 6) is 1.13. The molecule has 0 aliphatic carbocycles. The second kappa shape index (κ2) is 12.3. The van der Waals surface area contributed by atoms with Crippen molar-refractivity contribution in [3.8, 4) is 5.75 Å². The number of nitrogens with zero attached hydrogens (tertiary/aromatic N) is 2. The van der Waals surface area contributed by atoms with Gasteiger partial charge in [-0.15, -0.1) is 0 Å². The Morgan fingerprint density at radius 3 is 2.58 bits per heavy atom. The molecule has 6 rings (SSSR count). The number of hydrogen-bond donors (Lipinski definition) is 3. The Bertz CT molecular complexity index is 1720. The number of nitrogens with one attached hydrogen (secondary N) is 3. The van der Waals surface area contributed by atoms with E-state index in [2.05, 4.69) is 26.9 Å². The lowest BCUT2D eigenvalue weighted by Crippen LogP contribution is -2.47. The number of carbonyl (C=O) groups is 1. The first-order valence-corrected chi connectivity index (χ1v) is 14.9. The maximum Gasteiger partial charge on any atom is 0.251 e. The van der Waals surface area contributed by atoms with E-state index in [-0.39, 0.29) is 17.4 Å². The van der Waals surface area contributed by atoms with Crippen LogP contribution in [-0.4, -0.2) is 35.8 Å². The van der Waals surface area contributed by atoms with Crippen molar-refractivity contribution >= 4 is 40.3 Å². The van der Waals surface area contributed by atoms with Crippen LogP contribution in [0.1, 0.15) is 39.5 Å². The number of aryl methyl sites for hydroxylation is 1. The standard InChI is InChI=1S/C34H35N5O3S/c1-22-10-13-27(14-11-22)36-34(43)37-28-17-24(33(41)35-18-25-6-3-4-8-31(25)42-2)12-15-30(28)38-19-23-16-26(21-38)29-7-5-9-32(40)39(29)20-23/h3-15,17,23,26H,16,18-21H2,1-2H3,(H,35,41)(H2,36,37,43). The summed E-state index contributed by atoms with van der Waals surface area (Å²) in [6.45, 7) is 4.67. The lowest BCUT2D eigenvalue weighted by Gasteiger charge is -2.44. The third-order valence-electron chi connectivity index (χ3n) is 8.27. The molecule has 2 aliphatic rings. The molecule has 1 aromatic heterocycles. The Hall–Kier alpha value is -4.63. The predicted octanol–water partition coefficient (Wildman–Crippen LogP) is 5.53. The number of thiocarbonyl (C=S) groups is 1. The van der Waals surface area contributed by atoms with Crippen LogP contribution in [0.2, 0.25) is 0 Å². The molecule has 9 heteroatoms. The van der Waals surface area contributed by atoms with Crippen molar-refractivity contribution in [2.75, 3.05) is 35.7 Å². The van der Waals surface area contributed by atoms with Gasteiger partial charge in [-0.05, 0) is 73.9 Å². The van der Waals surface area contributed by atoms with E-state index in [1.807, 2.05) is 84.3 Å². The molecule has 3 heterocycles. The molecule has 8 nitrogen and oxygen atoms in total. The van der Waals surface area contributed by atoms with Gasteiger partial charge in [-0.2, -0.15) is 0 Å². The number of rotatable bonds is 7. The Morgan fingerprint density at radius 2 is 1.77 bits per heavy atom. The number of benzene rings is 3. The van der Waals surface area contributed by atoms with E-state index < -0.39 is 0 Å². The number of hydrogen-bond acceptors (Lipinski definition) is 5. The number of aromatic nitrogens is 1. The van der Waals surface area contributed by atoms with E-state index in [1.165, 1.54) is 0 Å². The van der Waals surface area contributed by atoms with E-state index in [9.17, 15) is 9.59 Å². The maximum absolute atomic E-state index is 13.3. The highest BCUT2D eigenvalue weighted by Crippen LogP contribution is 2.39. The molecule has 3 aromatic carbocycles. The fourth-order valence-electron chi connectivity index (χ4n) is 6.19. The van der Waals surface area contributed by atoms with Gasteiger partial charge in [0.1, 0.15) is 5.75 Å². The summed E-state index contributed by atoms with van der Waals surface area (Å²) in [5.41, 5.74) is 6.34. The molecule has 2 atom stereocenters. The molecule has 0 saturated carbocycles. The number of ether oxygens (including phenoxy) is 1. The highest BCUT2D eigenvalue weighted by molar-refractivity contribution is 7.80. The fourth-order valence-corrected chi connectivity index (χ4v) is 6.42. The van der Waals surface area contributed by atoms with Gasteiger partial charge in [-0.25, -0.2) is 0 Å². The number of para-hydroxylation sites is 1. The van der Waals surface area contributed by atoms with Crippen molar-refractivity contribution in [2.24, 2.45) is 5.92 Å². The molecule has 220 valence electrons. The first-order valence-electron chi connectivity index (χ1n) is 14.5. The molecule has 3 N–H and O–H groups in total. The van der Waals surface area contributed by atoms with Crippen LogP contribution in [0, 0.1) is 12.8 Å². The largest absolute Gasteiger partial charge is 0.496 e. The average Bonchev–Trinajstić information content (AvgIpc) is 3.01. The van der Waals surface area contributed by atoms with Crippen LogP contribution in [0.4, 0.5) is 17.1 Å². The highest BCUT2D eigenvalue weighted by Gasteiger charge is 2.35. The minimum absolute atomic E-state index is 0.0685. The van der Waals surface area contributed by atoms with Gasteiger partial charge in [0, 0.05) is 60.7 Å². The van der Waals surface area contributed by atoms with Crippen LogP contribution in [0.3, 0.4) is 0 Å². The number of pyridine rings is 1. The zero-order valence-electron chi connectivity index (χ0n) is 24.3. The smallest absolute Gasteiger partial charge is 0.251 e. The van der Waals surface area contributed by atoms with Gasteiger partial charge in [0.15, 0.2) is 5.11 Å². The van der Waals surface area contributed by atoms with Gasteiger partial charge in [0.25, 0.3) is 11.5 Å². The van der Waals surface area contributed by atoms with Crippen molar-refractivity contribution in [1.82, 2.24) is 9.88 Å². The fraction of sp³-hybridized carbons (Fsp3) is 0.265. The predicted molar refractivity (Wildman–Crippen MR) is 175 cm³/mol. The third kappa shape index (κ3) is 6.27. The molecule has 0 radical (unpaired) electrons. The summed E-state index contributed by atoms with van der Waals surface area (Å²) >= 11 is 5.72. The molecule has 0 spiro atoms. The van der Waals surface area contributed by atoms with Crippen LogP contribution in [0.25, 0.3) is 0 Å². The van der Waals surface area contributed by atoms with Crippen molar-refractivity contribution in [2.45, 2.75) is 32.4 Å². The quantitative estimate of drug-likeness (QED) is 0.243. The highest BCUT2D eigenvalue weighted by atomic mass is 32.1. The number of carbonyl (C=O) groups excluding carboxylic acids is 1. The molecule has 2 bridgehead atoms. The van der Waals surface area contributed by atoms with Crippen molar-refractivity contribution < 1.29 is 9.53 Å². The van der Waals surface area contributed by atoms with Gasteiger partial charge >= 0.3 is 0 Å². The minimum atomic E-state index is -0.193. The summed E-state index contributed by atoms with van der Waals surface area (Å²) < 4.78 is 7.37. The molecule has 2 unspecified atom stereocenters. The average molecular weight is 594 g/mol. The molecule has 1 fully saturated rings. The molecule has 2 aliphatic heterocycles. The number of anilines is 3. The van der Waals surface area contributed by atoms with E-state index in [0.29, 0.717) is 29.7 Å². The first kappa shape index (κ1) is 28.5. The van der Waals surface area contributed by atoms with Gasteiger partial charge < -0.3 is 30.2 Å². The molecule has 43 heavy (non-hydrogen) atoms. The first-order chi connectivity index (χ1) is 20.9.